The van der Waals surface area contributed by atoms with Gasteiger partial charge in [-0.05, 0) is 31.6 Å². The van der Waals surface area contributed by atoms with Crippen LogP contribution in [0.1, 0.15) is 32.6 Å². The number of rotatable bonds is 5. The molecule has 2 heterocycles. The van der Waals surface area contributed by atoms with Crippen LogP contribution in [0, 0.1) is 5.92 Å². The third-order valence-electron chi connectivity index (χ3n) is 5.36. The minimum Gasteiger partial charge on any atom is -0.378 e. The summed E-state index contributed by atoms with van der Waals surface area (Å²) in [6.07, 6.45) is 4.70. The summed E-state index contributed by atoms with van der Waals surface area (Å²) in [6.45, 7) is 5.40. The molecule has 1 amide bonds. The molecule has 1 aliphatic carbocycles. The molecule has 8 heteroatoms. The number of thioether (sulfide) groups is 1. The molecule has 2 aliphatic rings. The van der Waals surface area contributed by atoms with Crippen molar-refractivity contribution in [3.63, 3.8) is 0 Å². The molecule has 7 nitrogen and oxygen atoms in total. The summed E-state index contributed by atoms with van der Waals surface area (Å²) in [4.78, 5) is 16.7. The van der Waals surface area contributed by atoms with Gasteiger partial charge in [0.1, 0.15) is 0 Å². The van der Waals surface area contributed by atoms with Crippen LogP contribution >= 0.6 is 11.8 Å². The van der Waals surface area contributed by atoms with E-state index in [-0.39, 0.29) is 5.91 Å². The Morgan fingerprint density at radius 3 is 2.60 bits per heavy atom. The van der Waals surface area contributed by atoms with Crippen molar-refractivity contribution < 1.29 is 9.53 Å². The standard InChI is InChI=1S/C17H29N5O2S/c1-13-4-6-14(7-5-13)20(2)15(23)12-25-17-19-18-16(21(17)3)22-8-10-24-11-9-22/h13-14H,4-12H2,1-3H3. The third-order valence-corrected chi connectivity index (χ3v) is 6.36. The van der Waals surface area contributed by atoms with E-state index >= 15 is 0 Å². The van der Waals surface area contributed by atoms with Crippen molar-refractivity contribution >= 4 is 23.6 Å². The second kappa shape index (κ2) is 8.40. The van der Waals surface area contributed by atoms with Gasteiger partial charge in [-0.1, -0.05) is 18.7 Å². The number of anilines is 1. The quantitative estimate of drug-likeness (QED) is 0.739. The number of amides is 1. The third kappa shape index (κ3) is 4.47. The molecule has 0 unspecified atom stereocenters. The Morgan fingerprint density at radius 1 is 1.24 bits per heavy atom. The van der Waals surface area contributed by atoms with Crippen LogP contribution in [0.3, 0.4) is 0 Å². The van der Waals surface area contributed by atoms with E-state index in [9.17, 15) is 4.79 Å². The Morgan fingerprint density at radius 2 is 1.92 bits per heavy atom. The van der Waals surface area contributed by atoms with E-state index in [1.807, 2.05) is 23.6 Å². The second-order valence-electron chi connectivity index (χ2n) is 7.15. The largest absolute Gasteiger partial charge is 0.378 e. The first-order chi connectivity index (χ1) is 12.1. The minimum atomic E-state index is 0.181. The molecule has 0 aromatic carbocycles. The van der Waals surface area contributed by atoms with Crippen molar-refractivity contribution in [1.82, 2.24) is 19.7 Å². The van der Waals surface area contributed by atoms with Crippen LogP contribution in [-0.4, -0.2) is 70.7 Å². The van der Waals surface area contributed by atoms with Crippen molar-refractivity contribution in [2.24, 2.45) is 13.0 Å². The molecular weight excluding hydrogens is 338 g/mol. The molecule has 1 saturated carbocycles. The number of hydrogen-bond acceptors (Lipinski definition) is 6. The molecule has 140 valence electrons. The Kier molecular flexibility index (Phi) is 6.22. The fourth-order valence-electron chi connectivity index (χ4n) is 3.53. The van der Waals surface area contributed by atoms with E-state index in [2.05, 4.69) is 22.0 Å². The molecule has 25 heavy (non-hydrogen) atoms. The second-order valence-corrected chi connectivity index (χ2v) is 8.09. The first kappa shape index (κ1) is 18.5. The van der Waals surface area contributed by atoms with Crippen molar-refractivity contribution in [2.75, 3.05) is 44.0 Å². The van der Waals surface area contributed by atoms with Crippen LogP contribution in [0.25, 0.3) is 0 Å². The lowest BCUT2D eigenvalue weighted by atomic mass is 9.87. The number of morpholine rings is 1. The van der Waals surface area contributed by atoms with Gasteiger partial charge in [0.25, 0.3) is 0 Å². The van der Waals surface area contributed by atoms with Gasteiger partial charge in [0.2, 0.25) is 11.9 Å². The van der Waals surface area contributed by atoms with Gasteiger partial charge in [-0.3, -0.25) is 9.36 Å². The lowest BCUT2D eigenvalue weighted by Crippen LogP contribution is -2.40. The number of carbonyl (C=O) groups is 1. The average Bonchev–Trinajstić information content (AvgIpc) is 3.01. The van der Waals surface area contributed by atoms with E-state index in [4.69, 9.17) is 4.74 Å². The predicted molar refractivity (Wildman–Crippen MR) is 98.9 cm³/mol. The maximum absolute atomic E-state index is 12.5. The lowest BCUT2D eigenvalue weighted by Gasteiger charge is -2.33. The molecule has 2 fully saturated rings. The van der Waals surface area contributed by atoms with Crippen LogP contribution in [0.2, 0.25) is 0 Å². The van der Waals surface area contributed by atoms with Gasteiger partial charge in [-0.25, -0.2) is 0 Å². The molecule has 0 spiro atoms. The van der Waals surface area contributed by atoms with Crippen molar-refractivity contribution in [3.05, 3.63) is 0 Å². The highest BCUT2D eigenvalue weighted by atomic mass is 32.2. The van der Waals surface area contributed by atoms with Gasteiger partial charge >= 0.3 is 0 Å². The Hall–Kier alpha value is -1.28. The highest BCUT2D eigenvalue weighted by Crippen LogP contribution is 2.27. The Labute approximate surface area is 154 Å². The monoisotopic (exact) mass is 367 g/mol. The molecule has 0 bridgehead atoms. The molecule has 1 aliphatic heterocycles. The molecule has 1 aromatic rings. The van der Waals surface area contributed by atoms with Gasteiger partial charge < -0.3 is 14.5 Å². The molecular formula is C17H29N5O2S. The molecule has 3 rings (SSSR count). The number of aromatic nitrogens is 3. The number of ether oxygens (including phenoxy) is 1. The van der Waals surface area contributed by atoms with E-state index in [1.54, 1.807) is 0 Å². The van der Waals surface area contributed by atoms with Crippen molar-refractivity contribution in [3.8, 4) is 0 Å². The molecule has 1 aromatic heterocycles. The Balaban J connectivity index is 1.52. The van der Waals surface area contributed by atoms with Crippen molar-refractivity contribution in [2.45, 2.75) is 43.8 Å². The fraction of sp³-hybridized carbons (Fsp3) is 0.824. The summed E-state index contributed by atoms with van der Waals surface area (Å²) in [7, 11) is 3.91. The van der Waals surface area contributed by atoms with Gasteiger partial charge in [-0.15, -0.1) is 10.2 Å². The maximum Gasteiger partial charge on any atom is 0.233 e. The summed E-state index contributed by atoms with van der Waals surface area (Å²) in [5.74, 6) is 2.25. The molecule has 1 saturated heterocycles. The topological polar surface area (TPSA) is 63.5 Å². The summed E-state index contributed by atoms with van der Waals surface area (Å²) in [5.41, 5.74) is 0. The Bertz CT molecular complexity index is 580. The highest BCUT2D eigenvalue weighted by molar-refractivity contribution is 7.99. The van der Waals surface area contributed by atoms with Gasteiger partial charge in [0.15, 0.2) is 5.16 Å². The minimum absolute atomic E-state index is 0.181. The lowest BCUT2D eigenvalue weighted by molar-refractivity contribution is -0.129. The summed E-state index contributed by atoms with van der Waals surface area (Å²) < 4.78 is 7.36. The van der Waals surface area contributed by atoms with Crippen LogP contribution in [0.4, 0.5) is 5.95 Å². The molecule has 0 radical (unpaired) electrons. The summed E-state index contributed by atoms with van der Waals surface area (Å²) in [5, 5.41) is 9.36. The molecule has 0 atom stereocenters. The SMILES string of the molecule is CC1CCC(N(C)C(=O)CSc2nnc(N3CCOCC3)n2C)CC1. The average molecular weight is 368 g/mol. The van der Waals surface area contributed by atoms with E-state index in [0.717, 1.165) is 56.2 Å². The van der Waals surface area contributed by atoms with Gasteiger partial charge in [0.05, 0.1) is 19.0 Å². The van der Waals surface area contributed by atoms with Crippen LogP contribution in [-0.2, 0) is 16.6 Å². The molecule has 0 N–H and O–H groups in total. The predicted octanol–water partition coefficient (Wildman–Crippen LogP) is 1.78. The zero-order valence-corrected chi connectivity index (χ0v) is 16.3. The van der Waals surface area contributed by atoms with Crippen LogP contribution in [0.15, 0.2) is 5.16 Å². The maximum atomic E-state index is 12.5. The number of carbonyl (C=O) groups excluding carboxylic acids is 1. The number of hydrogen-bond donors (Lipinski definition) is 0. The smallest absolute Gasteiger partial charge is 0.233 e. The van der Waals surface area contributed by atoms with Crippen molar-refractivity contribution in [1.29, 1.82) is 0 Å². The van der Waals surface area contributed by atoms with E-state index < -0.39 is 0 Å². The number of nitrogens with zero attached hydrogens (tertiary/aromatic N) is 5. The van der Waals surface area contributed by atoms with Crippen LogP contribution in [0.5, 0.6) is 0 Å². The zero-order valence-electron chi connectivity index (χ0n) is 15.5. The first-order valence-electron chi connectivity index (χ1n) is 9.16. The normalized spacial score (nSPS) is 24.4. The zero-order chi connectivity index (χ0) is 17.8. The summed E-state index contributed by atoms with van der Waals surface area (Å²) >= 11 is 1.47. The first-order valence-corrected chi connectivity index (χ1v) is 10.2. The summed E-state index contributed by atoms with van der Waals surface area (Å²) in [6, 6.07) is 0.396. The van der Waals surface area contributed by atoms with Crippen LogP contribution < -0.4 is 4.90 Å². The van der Waals surface area contributed by atoms with Gasteiger partial charge in [-0.2, -0.15) is 0 Å². The van der Waals surface area contributed by atoms with Gasteiger partial charge in [0, 0.05) is 33.2 Å². The fourth-order valence-corrected chi connectivity index (χ4v) is 4.36. The van der Waals surface area contributed by atoms with E-state index in [0.29, 0.717) is 11.8 Å². The highest BCUT2D eigenvalue weighted by Gasteiger charge is 2.25. The van der Waals surface area contributed by atoms with E-state index in [1.165, 1.54) is 24.6 Å².